The maximum absolute atomic E-state index is 14.3. The van der Waals surface area contributed by atoms with Crippen molar-refractivity contribution in [2.24, 2.45) is 16.5 Å². The van der Waals surface area contributed by atoms with Gasteiger partial charge < -0.3 is 20.3 Å². The SMILES string of the molecule is COCc1cccc(CN(C(=O)O)[C@H](C(=O)N[C@@H](Cc2ccccc2)[C@H](O)CN(CC2CCCC2)S(=O)(=O)c2ccc(CN=O)cc2)C(C)(C)C)n1. The molecular weight excluding hydrogens is 687 g/mol. The van der Waals surface area contributed by atoms with Crippen LogP contribution in [-0.2, 0) is 45.7 Å². The van der Waals surface area contributed by atoms with E-state index in [2.05, 4.69) is 15.5 Å². The normalized spacial score (nSPS) is 15.6. The molecule has 2 aromatic carbocycles. The highest BCUT2D eigenvalue weighted by atomic mass is 32.2. The van der Waals surface area contributed by atoms with Gasteiger partial charge in [0.25, 0.3) is 0 Å². The highest BCUT2D eigenvalue weighted by molar-refractivity contribution is 7.89. The minimum Gasteiger partial charge on any atom is -0.465 e. The standard InChI is InChI=1S/C38H51N5O8S/c1-38(2,3)35(43(37(46)47)24-30-15-10-16-31(40-30)26-51-4)36(45)41-33(21-27-11-6-5-7-12-27)34(44)25-42(23-29-13-8-9-14-29)52(49,50)32-19-17-28(18-20-32)22-39-48/h5-7,10-12,15-20,29,33-35,44H,8-9,13-14,21-26H2,1-4H3,(H,41,45)(H,46,47)/t33-,34+,35+/m0/s1. The van der Waals surface area contributed by atoms with E-state index in [1.165, 1.54) is 23.5 Å². The third-order valence-corrected chi connectivity index (χ3v) is 11.2. The molecule has 1 saturated carbocycles. The van der Waals surface area contributed by atoms with Gasteiger partial charge in [-0.1, -0.05) is 87.3 Å². The zero-order valence-electron chi connectivity index (χ0n) is 30.3. The molecule has 0 aliphatic heterocycles. The molecule has 14 heteroatoms. The molecule has 52 heavy (non-hydrogen) atoms. The van der Waals surface area contributed by atoms with Crippen LogP contribution in [0.5, 0.6) is 0 Å². The molecular formula is C38H51N5O8S. The first-order chi connectivity index (χ1) is 24.7. The number of benzene rings is 2. The Bertz CT molecular complexity index is 1730. The van der Waals surface area contributed by atoms with Crippen LogP contribution < -0.4 is 5.32 Å². The van der Waals surface area contributed by atoms with Crippen molar-refractivity contribution in [1.82, 2.24) is 19.5 Å². The van der Waals surface area contributed by atoms with E-state index < -0.39 is 45.6 Å². The molecule has 0 radical (unpaired) electrons. The fraction of sp³-hybridized carbons (Fsp3) is 0.500. The maximum atomic E-state index is 14.3. The number of carbonyl (C=O) groups is 2. The summed E-state index contributed by atoms with van der Waals surface area (Å²) >= 11 is 0. The first-order valence-electron chi connectivity index (χ1n) is 17.6. The minimum absolute atomic E-state index is 0.0177. The van der Waals surface area contributed by atoms with Gasteiger partial charge >= 0.3 is 6.09 Å². The summed E-state index contributed by atoms with van der Waals surface area (Å²) in [4.78, 5) is 43.4. The van der Waals surface area contributed by atoms with Gasteiger partial charge in [0.15, 0.2) is 0 Å². The first-order valence-corrected chi connectivity index (χ1v) is 19.0. The number of pyridine rings is 1. The highest BCUT2D eigenvalue weighted by Gasteiger charge is 2.41. The van der Waals surface area contributed by atoms with Crippen molar-refractivity contribution < 1.29 is 33.0 Å². The van der Waals surface area contributed by atoms with E-state index in [0.29, 0.717) is 17.0 Å². The zero-order chi connectivity index (χ0) is 37.9. The number of sulfonamides is 1. The molecule has 1 aromatic heterocycles. The molecule has 13 nitrogen and oxygen atoms in total. The van der Waals surface area contributed by atoms with E-state index in [9.17, 15) is 33.1 Å². The Labute approximate surface area is 306 Å². The first kappa shape index (κ1) is 40.5. The van der Waals surface area contributed by atoms with E-state index in [0.717, 1.165) is 36.1 Å². The Morgan fingerprint density at radius 3 is 2.23 bits per heavy atom. The topological polar surface area (TPSA) is 179 Å². The number of aliphatic hydroxyl groups is 1. The fourth-order valence-electron chi connectivity index (χ4n) is 6.78. The van der Waals surface area contributed by atoms with Crippen LogP contribution in [0.1, 0.15) is 69.0 Å². The van der Waals surface area contributed by atoms with Crippen LogP contribution in [-0.4, -0.2) is 83.2 Å². The number of nitrogens with one attached hydrogen (secondary N) is 1. The predicted octanol–water partition coefficient (Wildman–Crippen LogP) is 5.36. The fourth-order valence-corrected chi connectivity index (χ4v) is 8.32. The molecule has 3 atom stereocenters. The van der Waals surface area contributed by atoms with Crippen molar-refractivity contribution >= 4 is 22.0 Å². The quantitative estimate of drug-likeness (QED) is 0.145. The Balaban J connectivity index is 1.66. The van der Waals surface area contributed by atoms with Crippen molar-refractivity contribution in [1.29, 1.82) is 0 Å². The second kappa shape index (κ2) is 18.5. The van der Waals surface area contributed by atoms with Crippen molar-refractivity contribution in [3.8, 4) is 0 Å². The summed E-state index contributed by atoms with van der Waals surface area (Å²) in [7, 11) is -2.57. The number of ether oxygens (including phenoxy) is 1. The van der Waals surface area contributed by atoms with Crippen LogP contribution >= 0.6 is 0 Å². The Morgan fingerprint density at radius 2 is 1.63 bits per heavy atom. The minimum atomic E-state index is -4.11. The Morgan fingerprint density at radius 1 is 0.981 bits per heavy atom. The van der Waals surface area contributed by atoms with E-state index in [1.54, 1.807) is 51.1 Å². The number of carboxylic acid groups (broad SMARTS) is 1. The Kier molecular flexibility index (Phi) is 14.4. The molecule has 3 N–H and O–H groups in total. The lowest BCUT2D eigenvalue weighted by Crippen LogP contribution is -2.59. The van der Waals surface area contributed by atoms with Gasteiger partial charge in [-0.05, 0) is 66.0 Å². The number of hydrogen-bond donors (Lipinski definition) is 3. The lowest BCUT2D eigenvalue weighted by molar-refractivity contribution is -0.131. The third-order valence-electron chi connectivity index (χ3n) is 9.34. The average Bonchev–Trinajstić information content (AvgIpc) is 3.61. The number of hydrogen-bond acceptors (Lipinski definition) is 9. The summed E-state index contributed by atoms with van der Waals surface area (Å²) < 4.78 is 34.7. The molecule has 0 bridgehead atoms. The molecule has 0 saturated heterocycles. The summed E-state index contributed by atoms with van der Waals surface area (Å²) in [6.45, 7) is 5.13. The number of aliphatic hydroxyl groups excluding tert-OH is 1. The van der Waals surface area contributed by atoms with Crippen LogP contribution in [0, 0.1) is 16.2 Å². The maximum Gasteiger partial charge on any atom is 0.408 e. The number of amides is 2. The second-order valence-corrected chi connectivity index (χ2v) is 16.4. The van der Waals surface area contributed by atoms with Crippen LogP contribution in [0.3, 0.4) is 0 Å². The summed E-state index contributed by atoms with van der Waals surface area (Å²) in [5.74, 6) is -0.527. The van der Waals surface area contributed by atoms with E-state index in [4.69, 9.17) is 4.74 Å². The number of rotatable bonds is 18. The number of aromatic nitrogens is 1. The monoisotopic (exact) mass is 737 g/mol. The highest BCUT2D eigenvalue weighted by Crippen LogP contribution is 2.30. The smallest absolute Gasteiger partial charge is 0.408 e. The number of methoxy groups -OCH3 is 1. The van der Waals surface area contributed by atoms with Crippen LogP contribution in [0.2, 0.25) is 0 Å². The lowest BCUT2D eigenvalue weighted by Gasteiger charge is -2.39. The summed E-state index contributed by atoms with van der Waals surface area (Å²) in [5.41, 5.74) is 1.52. The van der Waals surface area contributed by atoms with Crippen molar-refractivity contribution in [3.05, 3.63) is 100 Å². The molecule has 1 fully saturated rings. The molecule has 282 valence electrons. The van der Waals surface area contributed by atoms with E-state index >= 15 is 0 Å². The van der Waals surface area contributed by atoms with Gasteiger partial charge in [-0.3, -0.25) is 14.7 Å². The molecule has 3 aromatic rings. The van der Waals surface area contributed by atoms with Gasteiger partial charge in [0, 0.05) is 20.2 Å². The molecule has 1 heterocycles. The van der Waals surface area contributed by atoms with Gasteiger partial charge in [0.2, 0.25) is 15.9 Å². The van der Waals surface area contributed by atoms with Crippen molar-refractivity contribution in [2.75, 3.05) is 20.2 Å². The number of carbonyl (C=O) groups excluding carboxylic acids is 1. The summed E-state index contributed by atoms with van der Waals surface area (Å²) in [5, 5.41) is 28.2. The van der Waals surface area contributed by atoms with Crippen LogP contribution in [0.4, 0.5) is 4.79 Å². The lowest BCUT2D eigenvalue weighted by atomic mass is 9.84. The summed E-state index contributed by atoms with van der Waals surface area (Å²) in [6, 6.07) is 18.1. The van der Waals surface area contributed by atoms with Gasteiger partial charge in [-0.15, -0.1) is 0 Å². The van der Waals surface area contributed by atoms with Crippen LogP contribution in [0.25, 0.3) is 0 Å². The second-order valence-electron chi connectivity index (χ2n) is 14.5. The van der Waals surface area contributed by atoms with E-state index in [1.807, 2.05) is 30.3 Å². The van der Waals surface area contributed by atoms with Gasteiger partial charge in [-0.25, -0.2) is 13.2 Å². The zero-order valence-corrected chi connectivity index (χ0v) is 31.2. The average molecular weight is 738 g/mol. The van der Waals surface area contributed by atoms with Crippen molar-refractivity contribution in [3.63, 3.8) is 0 Å². The molecule has 0 unspecified atom stereocenters. The van der Waals surface area contributed by atoms with Crippen molar-refractivity contribution in [2.45, 2.75) is 95.7 Å². The van der Waals surface area contributed by atoms with Gasteiger partial charge in [0.05, 0.1) is 41.6 Å². The molecule has 4 rings (SSSR count). The van der Waals surface area contributed by atoms with E-state index in [-0.39, 0.29) is 50.0 Å². The summed E-state index contributed by atoms with van der Waals surface area (Å²) in [6.07, 6.45) is 1.16. The molecule has 1 aliphatic rings. The predicted molar refractivity (Wildman–Crippen MR) is 197 cm³/mol. The number of nitroso groups, excluding NO2 is 1. The van der Waals surface area contributed by atoms with Crippen LogP contribution in [0.15, 0.2) is 82.9 Å². The Hall–Kier alpha value is -4.24. The molecule has 0 spiro atoms. The largest absolute Gasteiger partial charge is 0.465 e. The third kappa shape index (κ3) is 11.1. The molecule has 1 aliphatic carbocycles. The molecule has 2 amide bonds. The van der Waals surface area contributed by atoms with Gasteiger partial charge in [-0.2, -0.15) is 9.21 Å². The number of nitrogens with zero attached hydrogens (tertiary/aromatic N) is 4. The van der Waals surface area contributed by atoms with Gasteiger partial charge in [0.1, 0.15) is 12.6 Å².